The minimum atomic E-state index is 1.09. The number of hydrogen-bond acceptors (Lipinski definition) is 0. The normalized spacial score (nSPS) is 16.7. The zero-order valence-electron chi connectivity index (χ0n) is 11.0. The molecular weight excluding hydrogens is 180 g/mol. The first-order chi connectivity index (χ1) is 7.13. The Hall–Kier alpha value is -1.04. The highest BCUT2D eigenvalue weighted by atomic mass is 14.1. The van der Waals surface area contributed by atoms with Gasteiger partial charge >= 0.3 is 0 Å². The van der Waals surface area contributed by atoms with E-state index in [0.717, 1.165) is 6.42 Å². The maximum absolute atomic E-state index is 2.28. The van der Waals surface area contributed by atoms with E-state index in [1.165, 1.54) is 22.3 Å². The Bertz CT molecular complexity index is 309. The highest BCUT2D eigenvalue weighted by Gasteiger charge is 2.03. The summed E-state index contributed by atoms with van der Waals surface area (Å²) in [5.41, 5.74) is 5.61. The second-order valence-electron chi connectivity index (χ2n) is 3.74. The second-order valence-corrected chi connectivity index (χ2v) is 3.74. The molecule has 0 heterocycles. The Morgan fingerprint density at radius 2 is 1.80 bits per heavy atom. The van der Waals surface area contributed by atoms with Gasteiger partial charge in [-0.25, -0.2) is 0 Å². The van der Waals surface area contributed by atoms with Gasteiger partial charge in [0.2, 0.25) is 0 Å². The molecule has 0 atom stereocenters. The lowest BCUT2D eigenvalue weighted by atomic mass is 9.99. The molecule has 84 valence electrons. The van der Waals surface area contributed by atoms with Crippen molar-refractivity contribution in [1.82, 2.24) is 0 Å². The van der Waals surface area contributed by atoms with Crippen molar-refractivity contribution in [3.8, 4) is 0 Å². The van der Waals surface area contributed by atoms with E-state index in [1.54, 1.807) is 0 Å². The quantitative estimate of drug-likeness (QED) is 0.550. The van der Waals surface area contributed by atoms with Gasteiger partial charge in [0.25, 0.3) is 0 Å². The predicted molar refractivity (Wildman–Crippen MR) is 71.0 cm³/mol. The molecule has 0 aromatic carbocycles. The fourth-order valence-electron chi connectivity index (χ4n) is 1.45. The average Bonchev–Trinajstić information content (AvgIpc) is 2.42. The van der Waals surface area contributed by atoms with Gasteiger partial charge in [-0.2, -0.15) is 0 Å². The van der Waals surface area contributed by atoms with Crippen molar-refractivity contribution in [3.63, 3.8) is 0 Å². The molecule has 0 aromatic rings. The third-order valence-corrected chi connectivity index (χ3v) is 2.44. The molecule has 0 aromatic heterocycles. The molecule has 0 saturated carbocycles. The van der Waals surface area contributed by atoms with Gasteiger partial charge in [0.15, 0.2) is 0 Å². The molecule has 0 saturated heterocycles. The second kappa shape index (κ2) is 7.28. The third-order valence-electron chi connectivity index (χ3n) is 2.44. The lowest BCUT2D eigenvalue weighted by Crippen LogP contribution is -1.86. The summed E-state index contributed by atoms with van der Waals surface area (Å²) in [5.74, 6) is 0. The van der Waals surface area contributed by atoms with E-state index in [1.807, 2.05) is 13.8 Å². The zero-order chi connectivity index (χ0) is 11.8. The van der Waals surface area contributed by atoms with Crippen LogP contribution in [0.5, 0.6) is 0 Å². The topological polar surface area (TPSA) is 0 Å². The van der Waals surface area contributed by atoms with E-state index in [2.05, 4.69) is 52.0 Å². The number of allylic oxidation sites excluding steroid dienone is 8. The van der Waals surface area contributed by atoms with Crippen LogP contribution in [0.3, 0.4) is 0 Å². The van der Waals surface area contributed by atoms with Crippen LogP contribution in [0.25, 0.3) is 0 Å². The Labute approximate surface area is 95.1 Å². The van der Waals surface area contributed by atoms with E-state index in [9.17, 15) is 0 Å². The molecule has 1 rings (SSSR count). The SMILES string of the molecule is C/C=C(/C)C1=CC(C)=CC=C(C)C1.CC. The molecule has 1 aliphatic carbocycles. The minimum Gasteiger partial charge on any atom is -0.0844 e. The van der Waals surface area contributed by atoms with Crippen LogP contribution in [-0.2, 0) is 0 Å². The van der Waals surface area contributed by atoms with Crippen LogP contribution in [-0.4, -0.2) is 0 Å². The first-order valence-corrected chi connectivity index (χ1v) is 5.81. The molecule has 0 radical (unpaired) electrons. The molecule has 0 spiro atoms. The first kappa shape index (κ1) is 14.0. The van der Waals surface area contributed by atoms with Gasteiger partial charge in [0.1, 0.15) is 0 Å². The van der Waals surface area contributed by atoms with Crippen molar-refractivity contribution in [2.45, 2.75) is 48.0 Å². The van der Waals surface area contributed by atoms with E-state index in [-0.39, 0.29) is 0 Å². The van der Waals surface area contributed by atoms with Crippen molar-refractivity contribution < 1.29 is 0 Å². The van der Waals surface area contributed by atoms with E-state index in [4.69, 9.17) is 0 Å². The summed E-state index contributed by atoms with van der Waals surface area (Å²) in [7, 11) is 0. The van der Waals surface area contributed by atoms with Crippen molar-refractivity contribution >= 4 is 0 Å². The van der Waals surface area contributed by atoms with Gasteiger partial charge < -0.3 is 0 Å². The standard InChI is InChI=1S/C13H18.C2H6/c1-5-12(4)13-8-10(2)6-7-11(3)9-13;1-2/h5-8H,9H2,1-4H3;1-2H3/b12-5-;. The Morgan fingerprint density at radius 1 is 1.20 bits per heavy atom. The van der Waals surface area contributed by atoms with Crippen LogP contribution in [0.2, 0.25) is 0 Å². The lowest BCUT2D eigenvalue weighted by molar-refractivity contribution is 1.11. The van der Waals surface area contributed by atoms with E-state index >= 15 is 0 Å². The van der Waals surface area contributed by atoms with Gasteiger partial charge in [-0.3, -0.25) is 0 Å². The number of hydrogen-bond donors (Lipinski definition) is 0. The summed E-state index contributed by atoms with van der Waals surface area (Å²) in [6.07, 6.45) is 9.94. The number of rotatable bonds is 1. The van der Waals surface area contributed by atoms with Crippen molar-refractivity contribution in [3.05, 3.63) is 46.6 Å². The molecule has 15 heavy (non-hydrogen) atoms. The maximum Gasteiger partial charge on any atom is -0.00641 e. The van der Waals surface area contributed by atoms with E-state index in [0.29, 0.717) is 0 Å². The molecule has 0 bridgehead atoms. The summed E-state index contributed by atoms with van der Waals surface area (Å²) in [5, 5.41) is 0. The van der Waals surface area contributed by atoms with Crippen LogP contribution < -0.4 is 0 Å². The predicted octanol–water partition coefficient (Wildman–Crippen LogP) is 5.20. The molecule has 0 N–H and O–H groups in total. The fraction of sp³-hybridized carbons (Fsp3) is 0.467. The summed E-state index contributed by atoms with van der Waals surface area (Å²) in [4.78, 5) is 0. The fourth-order valence-corrected chi connectivity index (χ4v) is 1.45. The lowest BCUT2D eigenvalue weighted by Gasteiger charge is -2.06. The maximum atomic E-state index is 2.28. The highest BCUT2D eigenvalue weighted by Crippen LogP contribution is 2.23. The molecule has 0 fully saturated rings. The molecule has 0 amide bonds. The summed E-state index contributed by atoms with van der Waals surface area (Å²) in [6.45, 7) is 12.6. The van der Waals surface area contributed by atoms with Crippen LogP contribution in [0.1, 0.15) is 48.0 Å². The van der Waals surface area contributed by atoms with Crippen LogP contribution >= 0.6 is 0 Å². The Morgan fingerprint density at radius 3 is 2.33 bits per heavy atom. The van der Waals surface area contributed by atoms with Gasteiger partial charge in [-0.1, -0.05) is 54.9 Å². The molecule has 0 nitrogen and oxygen atoms in total. The first-order valence-electron chi connectivity index (χ1n) is 5.81. The monoisotopic (exact) mass is 204 g/mol. The minimum absolute atomic E-state index is 1.09. The average molecular weight is 204 g/mol. The summed E-state index contributed by atoms with van der Waals surface area (Å²) >= 11 is 0. The van der Waals surface area contributed by atoms with Gasteiger partial charge in [0, 0.05) is 0 Å². The van der Waals surface area contributed by atoms with Crippen molar-refractivity contribution in [2.75, 3.05) is 0 Å². The largest absolute Gasteiger partial charge is 0.0844 e. The Balaban J connectivity index is 0.000000921. The van der Waals surface area contributed by atoms with Crippen molar-refractivity contribution in [1.29, 1.82) is 0 Å². The summed E-state index contributed by atoms with van der Waals surface area (Å²) < 4.78 is 0. The molecular formula is C15H24. The van der Waals surface area contributed by atoms with E-state index < -0.39 is 0 Å². The third kappa shape index (κ3) is 4.83. The van der Waals surface area contributed by atoms with Gasteiger partial charge in [-0.05, 0) is 39.7 Å². The smallest absolute Gasteiger partial charge is 0.00641 e. The van der Waals surface area contributed by atoms with Crippen LogP contribution in [0.4, 0.5) is 0 Å². The molecule has 1 aliphatic rings. The van der Waals surface area contributed by atoms with Gasteiger partial charge in [0.05, 0.1) is 0 Å². The van der Waals surface area contributed by atoms with Crippen LogP contribution in [0, 0.1) is 0 Å². The molecule has 0 aliphatic heterocycles. The van der Waals surface area contributed by atoms with Crippen LogP contribution in [0.15, 0.2) is 46.6 Å². The van der Waals surface area contributed by atoms with Gasteiger partial charge in [-0.15, -0.1) is 0 Å². The zero-order valence-corrected chi connectivity index (χ0v) is 11.0. The van der Waals surface area contributed by atoms with Crippen molar-refractivity contribution in [2.24, 2.45) is 0 Å². The Kier molecular flexibility index (Phi) is 6.77. The molecule has 0 unspecified atom stereocenters. The molecule has 0 heteroatoms. The summed E-state index contributed by atoms with van der Waals surface area (Å²) in [6, 6.07) is 0. The highest BCUT2D eigenvalue weighted by molar-refractivity contribution is 5.42.